The summed E-state index contributed by atoms with van der Waals surface area (Å²) in [6.45, 7) is 2.78. The summed E-state index contributed by atoms with van der Waals surface area (Å²) in [5.41, 5.74) is 5.31. The van der Waals surface area contributed by atoms with Gasteiger partial charge in [0.05, 0.1) is 26.4 Å². The molecule has 5 aromatic rings. The van der Waals surface area contributed by atoms with Crippen molar-refractivity contribution >= 4 is 46.1 Å². The molecule has 0 saturated carbocycles. The van der Waals surface area contributed by atoms with Crippen molar-refractivity contribution in [1.82, 2.24) is 14.5 Å². The normalized spacial score (nSPS) is 17.7. The molecule has 2 aliphatic heterocycles. The molecule has 0 spiro atoms. The molecule has 7 rings (SSSR count). The molecule has 0 radical (unpaired) electrons. The van der Waals surface area contributed by atoms with E-state index in [1.165, 1.54) is 5.56 Å². The number of H-pyrrole nitrogens is 1. The Morgan fingerprint density at radius 3 is 2.34 bits per heavy atom. The first-order chi connectivity index (χ1) is 20.0. The SMILES string of the molecule is O=c1[nH]c2ccccc2n1C1CCN(Cc2ccc(C3N=c4cc(Cl)c(Cl)cc4=CN3c3ccccc3)cc2)CC1. The van der Waals surface area contributed by atoms with Gasteiger partial charge in [-0.1, -0.05) is 77.8 Å². The van der Waals surface area contributed by atoms with E-state index < -0.39 is 0 Å². The molecule has 1 aromatic heterocycles. The van der Waals surface area contributed by atoms with Crippen LogP contribution in [0.25, 0.3) is 17.2 Å². The fraction of sp³-hybridized carbons (Fsp3) is 0.212. The maximum Gasteiger partial charge on any atom is 0.326 e. The van der Waals surface area contributed by atoms with Gasteiger partial charge in [0.15, 0.2) is 6.17 Å². The number of fused-ring (bicyclic) bond motifs is 2. The van der Waals surface area contributed by atoms with E-state index in [4.69, 9.17) is 28.2 Å². The Labute approximate surface area is 247 Å². The van der Waals surface area contributed by atoms with Crippen molar-refractivity contribution in [3.8, 4) is 0 Å². The van der Waals surface area contributed by atoms with Crippen LogP contribution in [0, 0.1) is 0 Å². The van der Waals surface area contributed by atoms with Crippen LogP contribution in [0.4, 0.5) is 5.69 Å². The van der Waals surface area contributed by atoms with Gasteiger partial charge in [0.1, 0.15) is 0 Å². The van der Waals surface area contributed by atoms with E-state index in [0.717, 1.165) is 65.3 Å². The third kappa shape index (κ3) is 5.08. The molecule has 1 fully saturated rings. The second kappa shape index (κ2) is 10.9. The van der Waals surface area contributed by atoms with E-state index in [-0.39, 0.29) is 17.9 Å². The van der Waals surface area contributed by atoms with Crippen LogP contribution in [0.2, 0.25) is 10.0 Å². The molecule has 1 saturated heterocycles. The average Bonchev–Trinajstić information content (AvgIpc) is 3.34. The van der Waals surface area contributed by atoms with Crippen molar-refractivity contribution in [2.24, 2.45) is 4.99 Å². The number of nitrogens with one attached hydrogen (secondary N) is 1. The predicted molar refractivity (Wildman–Crippen MR) is 166 cm³/mol. The molecule has 0 aliphatic carbocycles. The number of hydrogen-bond donors (Lipinski definition) is 1. The highest BCUT2D eigenvalue weighted by molar-refractivity contribution is 6.41. The van der Waals surface area contributed by atoms with Crippen LogP contribution >= 0.6 is 23.2 Å². The third-order valence-corrected chi connectivity index (χ3v) is 8.88. The summed E-state index contributed by atoms with van der Waals surface area (Å²) in [5, 5.41) is 2.79. The Kier molecular flexibility index (Phi) is 6.91. The summed E-state index contributed by atoms with van der Waals surface area (Å²) in [5.74, 6) is 0. The van der Waals surface area contributed by atoms with Gasteiger partial charge in [-0.25, -0.2) is 4.79 Å². The van der Waals surface area contributed by atoms with Gasteiger partial charge in [0, 0.05) is 42.8 Å². The maximum atomic E-state index is 12.7. The summed E-state index contributed by atoms with van der Waals surface area (Å²) in [6, 6.07) is 30.9. The number of nitrogens with zero attached hydrogens (tertiary/aromatic N) is 4. The van der Waals surface area contributed by atoms with Gasteiger partial charge in [-0.3, -0.25) is 14.5 Å². The van der Waals surface area contributed by atoms with Crippen molar-refractivity contribution in [3.63, 3.8) is 0 Å². The maximum absolute atomic E-state index is 12.7. The van der Waals surface area contributed by atoms with E-state index in [9.17, 15) is 4.79 Å². The van der Waals surface area contributed by atoms with E-state index >= 15 is 0 Å². The van der Waals surface area contributed by atoms with Gasteiger partial charge in [-0.2, -0.15) is 0 Å². The molecule has 41 heavy (non-hydrogen) atoms. The van der Waals surface area contributed by atoms with Crippen molar-refractivity contribution in [2.75, 3.05) is 18.0 Å². The first-order valence-electron chi connectivity index (χ1n) is 13.9. The number of anilines is 1. The number of para-hydroxylation sites is 3. The molecule has 1 atom stereocenters. The Bertz CT molecular complexity index is 1890. The molecule has 4 aromatic carbocycles. The van der Waals surface area contributed by atoms with Crippen molar-refractivity contribution in [1.29, 1.82) is 0 Å². The molecular formula is C33H29Cl2N5O. The lowest BCUT2D eigenvalue weighted by Gasteiger charge is -2.33. The number of aromatic nitrogens is 2. The molecule has 3 heterocycles. The highest BCUT2D eigenvalue weighted by Gasteiger charge is 2.25. The Morgan fingerprint density at radius 2 is 1.56 bits per heavy atom. The van der Waals surface area contributed by atoms with E-state index in [0.29, 0.717) is 10.0 Å². The molecule has 1 unspecified atom stereocenters. The zero-order valence-electron chi connectivity index (χ0n) is 22.4. The quantitative estimate of drug-likeness (QED) is 0.275. The molecule has 6 nitrogen and oxygen atoms in total. The lowest BCUT2D eigenvalue weighted by Crippen LogP contribution is -2.38. The van der Waals surface area contributed by atoms with E-state index in [1.807, 2.05) is 59.2 Å². The molecule has 8 heteroatoms. The lowest BCUT2D eigenvalue weighted by molar-refractivity contribution is 0.180. The number of halogens is 2. The second-order valence-corrected chi connectivity index (χ2v) is 11.6. The standard InChI is InChI=1S/C33H29Cl2N5O/c34-27-18-24-21-39(25-6-2-1-3-7-25)32(36-30(24)19-28(27)35)23-12-10-22(11-13-23)20-38-16-14-26(15-17-38)40-31-9-5-4-8-29(31)37-33(40)41/h1-13,18-19,21,26,32H,14-17,20H2,(H,37,41). The van der Waals surface area contributed by atoms with Crippen LogP contribution in [0.3, 0.4) is 0 Å². The average molecular weight is 583 g/mol. The fourth-order valence-electron chi connectivity index (χ4n) is 6.06. The van der Waals surface area contributed by atoms with E-state index in [1.54, 1.807) is 0 Å². The van der Waals surface area contributed by atoms with Gasteiger partial charge in [-0.05, 0) is 60.4 Å². The molecular weight excluding hydrogens is 553 g/mol. The summed E-state index contributed by atoms with van der Waals surface area (Å²) in [4.78, 5) is 25.4. The largest absolute Gasteiger partial charge is 0.326 e. The number of rotatable bonds is 5. The number of benzene rings is 4. The summed E-state index contributed by atoms with van der Waals surface area (Å²) in [7, 11) is 0. The van der Waals surface area contributed by atoms with Gasteiger partial charge in [0.25, 0.3) is 0 Å². The van der Waals surface area contributed by atoms with Crippen LogP contribution in [-0.2, 0) is 6.54 Å². The number of likely N-dealkylation sites (tertiary alicyclic amines) is 1. The number of imidazole rings is 1. The summed E-state index contributed by atoms with van der Waals surface area (Å²) < 4.78 is 1.95. The first kappa shape index (κ1) is 26.1. The van der Waals surface area contributed by atoms with Gasteiger partial charge >= 0.3 is 5.69 Å². The van der Waals surface area contributed by atoms with Gasteiger partial charge in [0.2, 0.25) is 0 Å². The minimum Gasteiger partial charge on any atom is -0.321 e. The molecule has 1 N–H and O–H groups in total. The first-order valence-corrected chi connectivity index (χ1v) is 14.7. The highest BCUT2D eigenvalue weighted by Crippen LogP contribution is 2.31. The number of hydrogen-bond acceptors (Lipinski definition) is 4. The molecule has 0 amide bonds. The number of piperidine rings is 1. The third-order valence-electron chi connectivity index (χ3n) is 8.16. The molecule has 206 valence electrons. The summed E-state index contributed by atoms with van der Waals surface area (Å²) >= 11 is 12.7. The Balaban J connectivity index is 1.09. The Hall–Kier alpha value is -3.84. The molecule has 2 aliphatic rings. The zero-order chi connectivity index (χ0) is 27.9. The minimum atomic E-state index is -0.221. The number of aromatic amines is 1. The minimum absolute atomic E-state index is 0.0110. The van der Waals surface area contributed by atoms with Crippen LogP contribution < -0.4 is 21.2 Å². The monoisotopic (exact) mass is 581 g/mol. The smallest absolute Gasteiger partial charge is 0.321 e. The van der Waals surface area contributed by atoms with Crippen molar-refractivity contribution < 1.29 is 0 Å². The highest BCUT2D eigenvalue weighted by atomic mass is 35.5. The topological polar surface area (TPSA) is 56.6 Å². The van der Waals surface area contributed by atoms with Crippen LogP contribution in [0.1, 0.15) is 36.2 Å². The summed E-state index contributed by atoms with van der Waals surface area (Å²) in [6.07, 6.45) is 3.78. The van der Waals surface area contributed by atoms with Crippen LogP contribution in [-0.4, -0.2) is 27.5 Å². The lowest BCUT2D eigenvalue weighted by atomic mass is 10.0. The zero-order valence-corrected chi connectivity index (χ0v) is 23.9. The van der Waals surface area contributed by atoms with Gasteiger partial charge < -0.3 is 9.88 Å². The second-order valence-electron chi connectivity index (χ2n) is 10.8. The molecule has 0 bridgehead atoms. The van der Waals surface area contributed by atoms with Crippen LogP contribution in [0.5, 0.6) is 0 Å². The predicted octanol–water partition coefficient (Wildman–Crippen LogP) is 6.05. The van der Waals surface area contributed by atoms with Crippen molar-refractivity contribution in [3.05, 3.63) is 133 Å². The van der Waals surface area contributed by atoms with E-state index in [2.05, 4.69) is 57.4 Å². The van der Waals surface area contributed by atoms with Crippen molar-refractivity contribution in [2.45, 2.75) is 31.6 Å². The Morgan fingerprint density at radius 1 is 0.854 bits per heavy atom. The van der Waals surface area contributed by atoms with Gasteiger partial charge in [-0.15, -0.1) is 0 Å². The van der Waals surface area contributed by atoms with Crippen LogP contribution in [0.15, 0.2) is 101 Å². The fourth-order valence-corrected chi connectivity index (χ4v) is 6.39.